The predicted molar refractivity (Wildman–Crippen MR) is 59.5 cm³/mol. The van der Waals surface area contributed by atoms with E-state index in [1.807, 2.05) is 0 Å². The van der Waals surface area contributed by atoms with Crippen LogP contribution < -0.4 is 5.73 Å². The molecule has 0 aromatic heterocycles. The molecule has 0 aliphatic heterocycles. The topological polar surface area (TPSA) is 55.5 Å². The smallest absolute Gasteiger partial charge is 0.0837 e. The number of aliphatic hydroxyl groups excluding tert-OH is 1. The molecule has 3 N–H and O–H groups in total. The third kappa shape index (κ3) is 2.92. The molecule has 2 unspecified atom stereocenters. The Hall–Kier alpha value is -0.120. The number of rotatable bonds is 3. The second kappa shape index (κ2) is 5.28. The second-order valence-corrected chi connectivity index (χ2v) is 5.08. The molecular formula is C12H23NO2. The molecule has 88 valence electrons. The van der Waals surface area contributed by atoms with Crippen molar-refractivity contribution in [2.45, 2.75) is 63.3 Å². The van der Waals surface area contributed by atoms with E-state index < -0.39 is 0 Å². The Balaban J connectivity index is 1.73. The Kier molecular flexibility index (Phi) is 4.00. The normalized spacial score (nSPS) is 42.0. The number of nitrogens with two attached hydrogens (primary N) is 1. The van der Waals surface area contributed by atoms with Crippen LogP contribution in [-0.4, -0.2) is 30.0 Å². The molecule has 15 heavy (non-hydrogen) atoms. The van der Waals surface area contributed by atoms with Gasteiger partial charge in [-0.25, -0.2) is 0 Å². The second-order valence-electron chi connectivity index (χ2n) is 5.08. The quantitative estimate of drug-likeness (QED) is 0.697. The first-order valence-corrected chi connectivity index (χ1v) is 6.33. The lowest BCUT2D eigenvalue weighted by molar-refractivity contribution is -0.118. The minimum Gasteiger partial charge on any atom is -0.390 e. The molecule has 2 atom stereocenters. The van der Waals surface area contributed by atoms with Crippen molar-refractivity contribution in [1.82, 2.24) is 0 Å². The maximum absolute atomic E-state index is 9.89. The van der Waals surface area contributed by atoms with Gasteiger partial charge < -0.3 is 15.6 Å². The molecule has 0 amide bonds. The van der Waals surface area contributed by atoms with Crippen molar-refractivity contribution in [3.63, 3.8) is 0 Å². The predicted octanol–water partition coefficient (Wildman–Crippen LogP) is 1.43. The number of ether oxygens (including phenoxy) is 1. The third-order valence-corrected chi connectivity index (χ3v) is 3.81. The lowest BCUT2D eigenvalue weighted by atomic mass is 9.82. The van der Waals surface area contributed by atoms with Crippen LogP contribution in [0.15, 0.2) is 0 Å². The maximum atomic E-state index is 9.89. The number of hydrogen-bond donors (Lipinski definition) is 2. The van der Waals surface area contributed by atoms with E-state index in [0.29, 0.717) is 12.0 Å². The SMILES string of the molecule is NCC1CC(OC2CCCCCC2O)C1. The Morgan fingerprint density at radius 1 is 1.13 bits per heavy atom. The number of aliphatic hydroxyl groups is 1. The van der Waals surface area contributed by atoms with Crippen LogP contribution in [0.1, 0.15) is 44.9 Å². The monoisotopic (exact) mass is 213 g/mol. The van der Waals surface area contributed by atoms with Crippen molar-refractivity contribution in [3.05, 3.63) is 0 Å². The number of hydrogen-bond acceptors (Lipinski definition) is 3. The Morgan fingerprint density at radius 2 is 1.87 bits per heavy atom. The van der Waals surface area contributed by atoms with E-state index in [0.717, 1.165) is 38.6 Å². The molecule has 0 radical (unpaired) electrons. The lowest BCUT2D eigenvalue weighted by Gasteiger charge is -2.37. The van der Waals surface area contributed by atoms with Crippen molar-refractivity contribution in [2.75, 3.05) is 6.54 Å². The molecule has 2 rings (SSSR count). The van der Waals surface area contributed by atoms with Gasteiger partial charge in [-0.3, -0.25) is 0 Å². The molecular weight excluding hydrogens is 190 g/mol. The molecule has 0 aromatic carbocycles. The summed E-state index contributed by atoms with van der Waals surface area (Å²) in [5.74, 6) is 0.665. The fourth-order valence-electron chi connectivity index (χ4n) is 2.64. The zero-order valence-corrected chi connectivity index (χ0v) is 9.40. The van der Waals surface area contributed by atoms with E-state index in [1.165, 1.54) is 12.8 Å². The van der Waals surface area contributed by atoms with Crippen molar-refractivity contribution in [1.29, 1.82) is 0 Å². The van der Waals surface area contributed by atoms with Crippen molar-refractivity contribution < 1.29 is 9.84 Å². The van der Waals surface area contributed by atoms with E-state index in [9.17, 15) is 5.11 Å². The van der Waals surface area contributed by atoms with E-state index in [4.69, 9.17) is 10.5 Å². The van der Waals surface area contributed by atoms with Gasteiger partial charge in [-0.2, -0.15) is 0 Å². The van der Waals surface area contributed by atoms with Gasteiger partial charge in [-0.1, -0.05) is 19.3 Å². The first-order valence-electron chi connectivity index (χ1n) is 6.33. The summed E-state index contributed by atoms with van der Waals surface area (Å²) in [6, 6.07) is 0. The minimum absolute atomic E-state index is 0.0937. The van der Waals surface area contributed by atoms with Crippen molar-refractivity contribution in [3.8, 4) is 0 Å². The highest BCUT2D eigenvalue weighted by Gasteiger charge is 2.33. The summed E-state index contributed by atoms with van der Waals surface area (Å²) in [6.07, 6.45) is 7.97. The van der Waals surface area contributed by atoms with Gasteiger partial charge in [0.1, 0.15) is 0 Å². The van der Waals surface area contributed by atoms with Crippen molar-refractivity contribution in [2.24, 2.45) is 11.7 Å². The van der Waals surface area contributed by atoms with E-state index >= 15 is 0 Å². The highest BCUT2D eigenvalue weighted by Crippen LogP contribution is 2.32. The van der Waals surface area contributed by atoms with E-state index in [-0.39, 0.29) is 12.2 Å². The molecule has 2 aliphatic rings. The summed E-state index contributed by atoms with van der Waals surface area (Å²) in [5.41, 5.74) is 5.58. The first kappa shape index (κ1) is 11.4. The van der Waals surface area contributed by atoms with Crippen molar-refractivity contribution >= 4 is 0 Å². The van der Waals surface area contributed by atoms with Gasteiger partial charge in [0.05, 0.1) is 18.3 Å². The maximum Gasteiger partial charge on any atom is 0.0837 e. The fraction of sp³-hybridized carbons (Fsp3) is 1.00. The lowest BCUT2D eigenvalue weighted by Crippen LogP contribution is -2.41. The van der Waals surface area contributed by atoms with Crippen LogP contribution in [-0.2, 0) is 4.74 Å². The van der Waals surface area contributed by atoms with Crippen LogP contribution >= 0.6 is 0 Å². The molecule has 3 heteroatoms. The molecule has 3 nitrogen and oxygen atoms in total. The first-order chi connectivity index (χ1) is 7.29. The van der Waals surface area contributed by atoms with Crippen LogP contribution in [0.3, 0.4) is 0 Å². The van der Waals surface area contributed by atoms with Gasteiger partial charge in [0.15, 0.2) is 0 Å². The van der Waals surface area contributed by atoms with Crippen LogP contribution in [0.25, 0.3) is 0 Å². The Labute approximate surface area is 92.0 Å². The summed E-state index contributed by atoms with van der Waals surface area (Å²) in [5, 5.41) is 9.89. The summed E-state index contributed by atoms with van der Waals surface area (Å²) in [6.45, 7) is 0.785. The molecule has 2 aliphatic carbocycles. The highest BCUT2D eigenvalue weighted by molar-refractivity contribution is 4.83. The summed E-state index contributed by atoms with van der Waals surface area (Å²) < 4.78 is 5.95. The summed E-state index contributed by atoms with van der Waals surface area (Å²) in [4.78, 5) is 0. The average Bonchev–Trinajstić information content (AvgIpc) is 2.37. The van der Waals surface area contributed by atoms with Crippen LogP contribution in [0.2, 0.25) is 0 Å². The largest absolute Gasteiger partial charge is 0.390 e. The molecule has 0 aromatic rings. The molecule has 2 saturated carbocycles. The van der Waals surface area contributed by atoms with Crippen LogP contribution in [0.5, 0.6) is 0 Å². The standard InChI is InChI=1S/C12H23NO2/c13-8-9-6-10(7-9)15-12-5-3-1-2-4-11(12)14/h9-12,14H,1-8,13H2. The highest BCUT2D eigenvalue weighted by atomic mass is 16.5. The fourth-order valence-corrected chi connectivity index (χ4v) is 2.64. The summed E-state index contributed by atoms with van der Waals surface area (Å²) in [7, 11) is 0. The van der Waals surface area contributed by atoms with Gasteiger partial charge in [-0.15, -0.1) is 0 Å². The molecule has 0 bridgehead atoms. The summed E-state index contributed by atoms with van der Waals surface area (Å²) >= 11 is 0. The molecule has 0 heterocycles. The Morgan fingerprint density at radius 3 is 2.60 bits per heavy atom. The van der Waals surface area contributed by atoms with Crippen LogP contribution in [0, 0.1) is 5.92 Å². The average molecular weight is 213 g/mol. The third-order valence-electron chi connectivity index (χ3n) is 3.81. The Bertz CT molecular complexity index is 192. The van der Waals surface area contributed by atoms with Gasteiger partial charge in [0, 0.05) is 0 Å². The van der Waals surface area contributed by atoms with Gasteiger partial charge >= 0.3 is 0 Å². The van der Waals surface area contributed by atoms with E-state index in [2.05, 4.69) is 0 Å². The van der Waals surface area contributed by atoms with Crippen LogP contribution in [0.4, 0.5) is 0 Å². The van der Waals surface area contributed by atoms with Gasteiger partial charge in [0.25, 0.3) is 0 Å². The van der Waals surface area contributed by atoms with Gasteiger partial charge in [-0.05, 0) is 38.1 Å². The zero-order chi connectivity index (χ0) is 10.7. The van der Waals surface area contributed by atoms with E-state index in [1.54, 1.807) is 0 Å². The molecule has 2 fully saturated rings. The zero-order valence-electron chi connectivity index (χ0n) is 9.40. The molecule has 0 saturated heterocycles. The van der Waals surface area contributed by atoms with Gasteiger partial charge in [0.2, 0.25) is 0 Å². The minimum atomic E-state index is -0.232. The molecule has 0 spiro atoms.